The Morgan fingerprint density at radius 2 is 1.89 bits per heavy atom. The molecule has 0 spiro atoms. The Balaban J connectivity index is 0.000000187. The molecule has 0 saturated heterocycles. The quantitative estimate of drug-likeness (QED) is 0.469. The van der Waals surface area contributed by atoms with Gasteiger partial charge in [-0.1, -0.05) is 13.8 Å². The molecule has 1 fully saturated rings. The first-order valence-electron chi connectivity index (χ1n) is 2.88. The van der Waals surface area contributed by atoms with E-state index < -0.39 is 0 Å². The van der Waals surface area contributed by atoms with Gasteiger partial charge in [0.25, 0.3) is 6.47 Å². The molecule has 0 radical (unpaired) electrons. The smallest absolute Gasteiger partial charge is 0.290 e. The third-order valence-electron chi connectivity index (χ3n) is 1.59. The van der Waals surface area contributed by atoms with Crippen molar-refractivity contribution in [2.75, 3.05) is 0 Å². The summed E-state index contributed by atoms with van der Waals surface area (Å²) in [6, 6.07) is 0.498. The van der Waals surface area contributed by atoms with Crippen molar-refractivity contribution in [2.24, 2.45) is 11.1 Å². The van der Waals surface area contributed by atoms with Gasteiger partial charge in [-0.25, -0.2) is 0 Å². The Kier molecular flexibility index (Phi) is 2.65. The molecule has 1 saturated carbocycles. The summed E-state index contributed by atoms with van der Waals surface area (Å²) in [4.78, 5) is 8.36. The van der Waals surface area contributed by atoms with Crippen molar-refractivity contribution in [2.45, 2.75) is 26.3 Å². The molecule has 3 N–H and O–H groups in total. The van der Waals surface area contributed by atoms with Crippen LogP contribution in [-0.2, 0) is 4.79 Å². The summed E-state index contributed by atoms with van der Waals surface area (Å²) < 4.78 is 0. The highest BCUT2D eigenvalue weighted by molar-refractivity contribution is 5.32. The maximum Gasteiger partial charge on any atom is 0.290 e. The minimum Gasteiger partial charge on any atom is -0.483 e. The maximum atomic E-state index is 8.36. The zero-order valence-corrected chi connectivity index (χ0v) is 5.79. The van der Waals surface area contributed by atoms with E-state index in [2.05, 4.69) is 13.8 Å². The summed E-state index contributed by atoms with van der Waals surface area (Å²) in [5, 5.41) is 6.89. The standard InChI is InChI=1S/C5H11N.CH2O2/c1-5(2)3-4(5)6;2-1-3/h4H,3,6H2,1-2H3;1H,(H,2,3)/t4-;/m0./s1. The molecule has 0 unspecified atom stereocenters. The summed E-state index contributed by atoms with van der Waals surface area (Å²) in [7, 11) is 0. The number of hydrogen-bond donors (Lipinski definition) is 2. The lowest BCUT2D eigenvalue weighted by molar-refractivity contribution is -0.122. The third kappa shape index (κ3) is 3.08. The topological polar surface area (TPSA) is 63.3 Å². The Hall–Kier alpha value is -0.570. The molecule has 0 amide bonds. The van der Waals surface area contributed by atoms with E-state index in [1.807, 2.05) is 0 Å². The Bertz CT molecular complexity index is 101. The van der Waals surface area contributed by atoms with Crippen LogP contribution < -0.4 is 5.73 Å². The molecule has 0 aliphatic heterocycles. The Morgan fingerprint density at radius 3 is 1.89 bits per heavy atom. The van der Waals surface area contributed by atoms with Crippen molar-refractivity contribution in [1.29, 1.82) is 0 Å². The monoisotopic (exact) mass is 131 g/mol. The van der Waals surface area contributed by atoms with Gasteiger partial charge >= 0.3 is 0 Å². The molecule has 54 valence electrons. The van der Waals surface area contributed by atoms with E-state index in [1.165, 1.54) is 6.42 Å². The van der Waals surface area contributed by atoms with Crippen LogP contribution in [0.5, 0.6) is 0 Å². The summed E-state index contributed by atoms with van der Waals surface area (Å²) >= 11 is 0. The molecule has 0 aromatic heterocycles. The lowest BCUT2D eigenvalue weighted by atomic mass is 10.2. The molecule has 3 nitrogen and oxygen atoms in total. The largest absolute Gasteiger partial charge is 0.483 e. The molecule has 1 rings (SSSR count). The van der Waals surface area contributed by atoms with Crippen LogP contribution in [-0.4, -0.2) is 17.6 Å². The van der Waals surface area contributed by atoms with E-state index in [1.54, 1.807) is 0 Å². The number of carboxylic acid groups (broad SMARTS) is 1. The number of hydrogen-bond acceptors (Lipinski definition) is 2. The van der Waals surface area contributed by atoms with Crippen molar-refractivity contribution in [3.8, 4) is 0 Å². The minimum atomic E-state index is -0.250. The lowest BCUT2D eigenvalue weighted by Crippen LogP contribution is -2.05. The van der Waals surface area contributed by atoms with Gasteiger partial charge in [-0.3, -0.25) is 4.79 Å². The van der Waals surface area contributed by atoms with Crippen LogP contribution in [0.1, 0.15) is 20.3 Å². The fourth-order valence-electron chi connectivity index (χ4n) is 0.508. The van der Waals surface area contributed by atoms with Gasteiger partial charge in [-0.2, -0.15) is 0 Å². The number of rotatable bonds is 0. The zero-order valence-electron chi connectivity index (χ0n) is 5.79. The first-order valence-corrected chi connectivity index (χ1v) is 2.88. The summed E-state index contributed by atoms with van der Waals surface area (Å²) in [6.07, 6.45) is 1.22. The Labute approximate surface area is 54.9 Å². The summed E-state index contributed by atoms with van der Waals surface area (Å²) in [5.41, 5.74) is 5.99. The molecular formula is C6H13NO2. The molecule has 0 heterocycles. The van der Waals surface area contributed by atoms with E-state index in [0.717, 1.165) is 0 Å². The third-order valence-corrected chi connectivity index (χ3v) is 1.59. The van der Waals surface area contributed by atoms with Gasteiger partial charge in [0.15, 0.2) is 0 Å². The van der Waals surface area contributed by atoms with E-state index >= 15 is 0 Å². The first-order chi connectivity index (χ1) is 4.04. The second kappa shape index (κ2) is 2.82. The van der Waals surface area contributed by atoms with Crippen LogP contribution in [0.25, 0.3) is 0 Å². The summed E-state index contributed by atoms with van der Waals surface area (Å²) in [6.45, 7) is 4.13. The van der Waals surface area contributed by atoms with Crippen LogP contribution in [0, 0.1) is 5.41 Å². The Morgan fingerprint density at radius 1 is 1.78 bits per heavy atom. The average Bonchev–Trinajstić information content (AvgIpc) is 2.14. The van der Waals surface area contributed by atoms with Crippen molar-refractivity contribution < 1.29 is 9.90 Å². The van der Waals surface area contributed by atoms with Gasteiger partial charge in [0.1, 0.15) is 0 Å². The van der Waals surface area contributed by atoms with Crippen LogP contribution in [0.2, 0.25) is 0 Å². The molecule has 0 bridgehead atoms. The van der Waals surface area contributed by atoms with Crippen LogP contribution >= 0.6 is 0 Å². The normalized spacial score (nSPS) is 27.7. The van der Waals surface area contributed by atoms with Gasteiger partial charge in [0, 0.05) is 6.04 Å². The van der Waals surface area contributed by atoms with Crippen LogP contribution in [0.4, 0.5) is 0 Å². The second-order valence-electron chi connectivity index (χ2n) is 2.90. The first kappa shape index (κ1) is 8.43. The van der Waals surface area contributed by atoms with E-state index in [4.69, 9.17) is 15.6 Å². The fraction of sp³-hybridized carbons (Fsp3) is 0.833. The van der Waals surface area contributed by atoms with Gasteiger partial charge in [0.05, 0.1) is 0 Å². The highest BCUT2D eigenvalue weighted by Gasteiger charge is 2.42. The van der Waals surface area contributed by atoms with Crippen molar-refractivity contribution in [3.05, 3.63) is 0 Å². The highest BCUT2D eigenvalue weighted by Crippen LogP contribution is 2.42. The van der Waals surface area contributed by atoms with Gasteiger partial charge in [-0.15, -0.1) is 0 Å². The zero-order chi connectivity index (χ0) is 7.49. The molecule has 9 heavy (non-hydrogen) atoms. The minimum absolute atomic E-state index is 0.250. The predicted molar refractivity (Wildman–Crippen MR) is 35.1 cm³/mol. The second-order valence-corrected chi connectivity index (χ2v) is 2.90. The van der Waals surface area contributed by atoms with Crippen LogP contribution in [0.3, 0.4) is 0 Å². The molecule has 1 aliphatic carbocycles. The molecule has 0 aromatic rings. The van der Waals surface area contributed by atoms with E-state index in [0.29, 0.717) is 11.5 Å². The van der Waals surface area contributed by atoms with Gasteiger partial charge in [0.2, 0.25) is 0 Å². The number of carbonyl (C=O) groups is 1. The van der Waals surface area contributed by atoms with Gasteiger partial charge < -0.3 is 10.8 Å². The highest BCUT2D eigenvalue weighted by atomic mass is 16.3. The summed E-state index contributed by atoms with van der Waals surface area (Å²) in [5.74, 6) is 0. The fourth-order valence-corrected chi connectivity index (χ4v) is 0.508. The van der Waals surface area contributed by atoms with Crippen molar-refractivity contribution >= 4 is 6.47 Å². The van der Waals surface area contributed by atoms with Crippen molar-refractivity contribution in [1.82, 2.24) is 0 Å². The molecule has 3 heteroatoms. The average molecular weight is 131 g/mol. The van der Waals surface area contributed by atoms with Crippen molar-refractivity contribution in [3.63, 3.8) is 0 Å². The molecule has 1 aliphatic rings. The van der Waals surface area contributed by atoms with E-state index in [9.17, 15) is 0 Å². The molecule has 1 atom stereocenters. The SMILES string of the molecule is CC1(C)C[C@@H]1N.O=CO. The molecule has 0 aromatic carbocycles. The van der Waals surface area contributed by atoms with Gasteiger partial charge in [-0.05, 0) is 11.8 Å². The van der Waals surface area contributed by atoms with Crippen LogP contribution in [0.15, 0.2) is 0 Å². The lowest BCUT2D eigenvalue weighted by Gasteiger charge is -1.91. The number of nitrogens with two attached hydrogens (primary N) is 1. The molecular weight excluding hydrogens is 118 g/mol. The van der Waals surface area contributed by atoms with E-state index in [-0.39, 0.29) is 6.47 Å². The predicted octanol–water partition coefficient (Wildman–Crippen LogP) is 0.444. The maximum absolute atomic E-state index is 8.36.